The van der Waals surface area contributed by atoms with Crippen molar-refractivity contribution >= 4 is 11.9 Å². The molecule has 96 valence electrons. The minimum absolute atomic E-state index is 0. The first-order valence-corrected chi connectivity index (χ1v) is 5.89. The number of nitrogens with zero attached hydrogens (tertiary/aromatic N) is 1. The Morgan fingerprint density at radius 2 is 1.79 bits per heavy atom. The fourth-order valence-electron chi connectivity index (χ4n) is 2.44. The first-order chi connectivity index (χ1) is 8.59. The number of carboxylic acid groups (broad SMARTS) is 1. The number of hydrogen-bond donors (Lipinski definition) is 1. The SMILES string of the molecule is NC(=O)[C@@H]1CC[C@H](C(=O)[O-])N1Cc1ccccc1.[Li+]. The average Bonchev–Trinajstić information content (AvgIpc) is 2.74. The molecule has 1 aromatic carbocycles. The Kier molecular flexibility index (Phi) is 5.61. The van der Waals surface area contributed by atoms with Crippen molar-refractivity contribution in [3.05, 3.63) is 35.9 Å². The van der Waals surface area contributed by atoms with Crippen LogP contribution in [0.2, 0.25) is 0 Å². The van der Waals surface area contributed by atoms with Gasteiger partial charge >= 0.3 is 18.9 Å². The molecule has 1 amide bonds. The van der Waals surface area contributed by atoms with Crippen molar-refractivity contribution in [3.63, 3.8) is 0 Å². The number of hydrogen-bond acceptors (Lipinski definition) is 4. The topological polar surface area (TPSA) is 86.5 Å². The molecule has 1 aromatic rings. The van der Waals surface area contributed by atoms with Gasteiger partial charge in [-0.2, -0.15) is 0 Å². The fraction of sp³-hybridized carbons (Fsp3) is 0.385. The second kappa shape index (κ2) is 6.76. The van der Waals surface area contributed by atoms with Crippen molar-refractivity contribution < 1.29 is 33.6 Å². The smallest absolute Gasteiger partial charge is 0.548 e. The molecule has 0 saturated carbocycles. The third-order valence-corrected chi connectivity index (χ3v) is 3.32. The van der Waals surface area contributed by atoms with Gasteiger partial charge in [0.2, 0.25) is 5.91 Å². The van der Waals surface area contributed by atoms with Crippen molar-refractivity contribution in [3.8, 4) is 0 Å². The van der Waals surface area contributed by atoms with Crippen LogP contribution in [0.15, 0.2) is 30.3 Å². The van der Waals surface area contributed by atoms with E-state index in [9.17, 15) is 14.7 Å². The Morgan fingerprint density at radius 3 is 2.32 bits per heavy atom. The zero-order chi connectivity index (χ0) is 13.1. The number of rotatable bonds is 4. The van der Waals surface area contributed by atoms with E-state index in [2.05, 4.69) is 0 Å². The molecule has 1 saturated heterocycles. The molecule has 1 aliphatic heterocycles. The van der Waals surface area contributed by atoms with Gasteiger partial charge in [0, 0.05) is 6.54 Å². The van der Waals surface area contributed by atoms with Gasteiger partial charge in [-0.1, -0.05) is 30.3 Å². The van der Waals surface area contributed by atoms with Gasteiger partial charge in [0.1, 0.15) is 0 Å². The molecular formula is C13H15LiN2O3. The Hall–Kier alpha value is -1.28. The van der Waals surface area contributed by atoms with Gasteiger partial charge in [-0.15, -0.1) is 0 Å². The van der Waals surface area contributed by atoms with Crippen molar-refractivity contribution in [1.82, 2.24) is 4.90 Å². The molecule has 0 aromatic heterocycles. The Morgan fingerprint density at radius 1 is 1.21 bits per heavy atom. The summed E-state index contributed by atoms with van der Waals surface area (Å²) in [5, 5.41) is 11.1. The number of aliphatic carboxylic acids is 1. The molecule has 19 heavy (non-hydrogen) atoms. The van der Waals surface area contributed by atoms with Crippen molar-refractivity contribution in [2.24, 2.45) is 5.73 Å². The first kappa shape index (κ1) is 15.8. The van der Waals surface area contributed by atoms with Crippen LogP contribution in [-0.4, -0.2) is 28.9 Å². The van der Waals surface area contributed by atoms with Crippen molar-refractivity contribution in [2.75, 3.05) is 0 Å². The van der Waals surface area contributed by atoms with E-state index in [0.717, 1.165) is 5.56 Å². The third-order valence-electron chi connectivity index (χ3n) is 3.32. The van der Waals surface area contributed by atoms with Crippen LogP contribution in [0.1, 0.15) is 18.4 Å². The van der Waals surface area contributed by atoms with Crippen LogP contribution < -0.4 is 29.7 Å². The van der Waals surface area contributed by atoms with E-state index in [1.165, 1.54) is 0 Å². The molecule has 5 nitrogen and oxygen atoms in total. The number of amides is 1. The van der Waals surface area contributed by atoms with Gasteiger partial charge in [-0.3, -0.25) is 9.69 Å². The summed E-state index contributed by atoms with van der Waals surface area (Å²) in [6.45, 7) is 0.396. The number of carbonyl (C=O) groups is 2. The molecule has 6 heteroatoms. The first-order valence-electron chi connectivity index (χ1n) is 5.89. The van der Waals surface area contributed by atoms with Crippen LogP contribution in [0.25, 0.3) is 0 Å². The number of likely N-dealkylation sites (tertiary alicyclic amines) is 1. The summed E-state index contributed by atoms with van der Waals surface area (Å²) in [6.07, 6.45) is 0.879. The van der Waals surface area contributed by atoms with Crippen LogP contribution in [0.4, 0.5) is 0 Å². The summed E-state index contributed by atoms with van der Waals surface area (Å²) in [5.74, 6) is -1.62. The van der Waals surface area contributed by atoms with E-state index in [1.807, 2.05) is 30.3 Å². The maximum Gasteiger partial charge on any atom is 1.00 e. The number of carboxylic acids is 1. The van der Waals surface area contributed by atoms with Crippen LogP contribution in [0, 0.1) is 0 Å². The summed E-state index contributed by atoms with van der Waals surface area (Å²) in [6, 6.07) is 8.16. The van der Waals surface area contributed by atoms with Crippen LogP contribution in [0.3, 0.4) is 0 Å². The summed E-state index contributed by atoms with van der Waals surface area (Å²) in [5.41, 5.74) is 6.27. The minimum atomic E-state index is -1.14. The number of nitrogens with two attached hydrogens (primary N) is 1. The second-order valence-electron chi connectivity index (χ2n) is 4.49. The summed E-state index contributed by atoms with van der Waals surface area (Å²) in [4.78, 5) is 24.0. The van der Waals surface area contributed by atoms with E-state index in [-0.39, 0.29) is 18.9 Å². The quantitative estimate of drug-likeness (QED) is 0.559. The Labute approximate surface area is 123 Å². The molecular weight excluding hydrogens is 239 g/mol. The number of primary amides is 1. The predicted molar refractivity (Wildman–Crippen MR) is 63.0 cm³/mol. The molecule has 0 unspecified atom stereocenters. The van der Waals surface area contributed by atoms with Gasteiger partial charge in [-0.05, 0) is 18.4 Å². The monoisotopic (exact) mass is 254 g/mol. The molecule has 2 rings (SSSR count). The van der Waals surface area contributed by atoms with Gasteiger partial charge in [0.05, 0.1) is 18.1 Å². The number of carbonyl (C=O) groups excluding carboxylic acids is 2. The Bertz CT molecular complexity index is 430. The molecule has 1 aliphatic rings. The summed E-state index contributed by atoms with van der Waals surface area (Å²) < 4.78 is 0. The van der Waals surface area contributed by atoms with E-state index in [4.69, 9.17) is 5.73 Å². The van der Waals surface area contributed by atoms with E-state index in [0.29, 0.717) is 19.4 Å². The molecule has 0 bridgehead atoms. The standard InChI is InChI=1S/C13H16N2O3.Li/c14-12(16)10-6-7-11(13(17)18)15(10)8-9-4-2-1-3-5-9;/h1-5,10-11H,6-8H2,(H2,14,16)(H,17,18);/q;+1/p-1/t10-,11+;/m0./s1. The zero-order valence-corrected chi connectivity index (χ0v) is 10.9. The minimum Gasteiger partial charge on any atom is -0.548 e. The zero-order valence-electron chi connectivity index (χ0n) is 10.9. The van der Waals surface area contributed by atoms with Gasteiger partial charge < -0.3 is 15.6 Å². The largest absolute Gasteiger partial charge is 1.00 e. The Balaban J connectivity index is 0.00000180. The molecule has 2 atom stereocenters. The van der Waals surface area contributed by atoms with Crippen LogP contribution in [0.5, 0.6) is 0 Å². The van der Waals surface area contributed by atoms with Gasteiger partial charge in [0.15, 0.2) is 0 Å². The van der Waals surface area contributed by atoms with Gasteiger partial charge in [-0.25, -0.2) is 0 Å². The molecule has 2 N–H and O–H groups in total. The second-order valence-corrected chi connectivity index (χ2v) is 4.49. The molecule has 1 fully saturated rings. The maximum atomic E-state index is 11.3. The fourth-order valence-corrected chi connectivity index (χ4v) is 2.44. The van der Waals surface area contributed by atoms with E-state index >= 15 is 0 Å². The normalized spacial score (nSPS) is 22.7. The molecule has 0 spiro atoms. The maximum absolute atomic E-state index is 11.3. The van der Waals surface area contributed by atoms with Crippen LogP contribution >= 0.6 is 0 Å². The summed E-state index contributed by atoms with van der Waals surface area (Å²) >= 11 is 0. The molecule has 0 radical (unpaired) electrons. The van der Waals surface area contributed by atoms with Crippen molar-refractivity contribution in [1.29, 1.82) is 0 Å². The van der Waals surface area contributed by atoms with E-state index in [1.54, 1.807) is 4.90 Å². The van der Waals surface area contributed by atoms with Gasteiger partial charge in [0.25, 0.3) is 0 Å². The molecule has 1 heterocycles. The third kappa shape index (κ3) is 3.60. The summed E-state index contributed by atoms with van der Waals surface area (Å²) in [7, 11) is 0. The predicted octanol–water partition coefficient (Wildman–Crippen LogP) is -3.74. The van der Waals surface area contributed by atoms with E-state index < -0.39 is 24.0 Å². The molecule has 0 aliphatic carbocycles. The van der Waals surface area contributed by atoms with Crippen LogP contribution in [-0.2, 0) is 16.1 Å². The number of benzene rings is 1. The average molecular weight is 254 g/mol. The van der Waals surface area contributed by atoms with Crippen molar-refractivity contribution in [2.45, 2.75) is 31.5 Å².